The molecule has 0 bridgehead atoms. The largest absolute Gasteiger partial charge is 0.497 e. The Morgan fingerprint density at radius 3 is 2.67 bits per heavy atom. The number of carbonyl (C=O) groups excluding carboxylic acids is 1. The van der Waals surface area contributed by atoms with Gasteiger partial charge in [-0.15, -0.1) is 0 Å². The van der Waals surface area contributed by atoms with E-state index < -0.39 is 16.2 Å². The van der Waals surface area contributed by atoms with E-state index in [4.69, 9.17) is 8.92 Å². The van der Waals surface area contributed by atoms with Crippen LogP contribution in [0.2, 0.25) is 0 Å². The van der Waals surface area contributed by atoms with Gasteiger partial charge in [0.15, 0.2) is 5.17 Å². The maximum absolute atomic E-state index is 12.5. The van der Waals surface area contributed by atoms with Gasteiger partial charge in [-0.25, -0.2) is 9.79 Å². The number of alkyl carbamates (subject to hydrolysis) is 1. The van der Waals surface area contributed by atoms with Crippen molar-refractivity contribution in [1.82, 2.24) is 5.32 Å². The first-order valence-electron chi connectivity index (χ1n) is 7.50. The van der Waals surface area contributed by atoms with Crippen molar-refractivity contribution in [2.45, 2.75) is 4.90 Å². The van der Waals surface area contributed by atoms with Gasteiger partial charge < -0.3 is 18.4 Å². The van der Waals surface area contributed by atoms with Crippen LogP contribution >= 0.6 is 11.9 Å². The van der Waals surface area contributed by atoms with Crippen LogP contribution in [0.3, 0.4) is 0 Å². The summed E-state index contributed by atoms with van der Waals surface area (Å²) in [5.41, 5.74) is 0.922. The number of anilines is 1. The van der Waals surface area contributed by atoms with Crippen LogP contribution in [0.5, 0.6) is 11.5 Å². The van der Waals surface area contributed by atoms with E-state index in [1.54, 1.807) is 12.1 Å². The first kappa shape index (κ1) is 18.9. The van der Waals surface area contributed by atoms with Gasteiger partial charge in [0.25, 0.3) is 0 Å². The van der Waals surface area contributed by atoms with Gasteiger partial charge in [0, 0.05) is 18.0 Å². The highest BCUT2D eigenvalue weighted by atomic mass is 32.2. The Bertz CT molecular complexity index is 1010. The number of hydrogen-bond donors (Lipinski definition) is 2. The third-order valence-electron chi connectivity index (χ3n) is 3.38. The molecule has 0 spiro atoms. The molecule has 1 aliphatic rings. The smallest absolute Gasteiger partial charge is 0.412 e. The van der Waals surface area contributed by atoms with Gasteiger partial charge in [0.1, 0.15) is 16.4 Å². The van der Waals surface area contributed by atoms with E-state index in [-0.39, 0.29) is 15.8 Å². The van der Waals surface area contributed by atoms with Crippen LogP contribution in [0.25, 0.3) is 0 Å². The molecule has 1 aliphatic heterocycles. The zero-order chi connectivity index (χ0) is 19.4. The average Bonchev–Trinajstić information content (AvgIpc) is 2.67. The summed E-state index contributed by atoms with van der Waals surface area (Å²) < 4.78 is 42.7. The molecule has 0 radical (unpaired) electrons. The molecule has 0 atom stereocenters. The zero-order valence-electron chi connectivity index (χ0n) is 14.3. The molecule has 0 aromatic heterocycles. The quantitative estimate of drug-likeness (QED) is 0.585. The Kier molecular flexibility index (Phi) is 5.42. The summed E-state index contributed by atoms with van der Waals surface area (Å²) in [7, 11) is -1.33. The van der Waals surface area contributed by atoms with Crippen LogP contribution in [-0.2, 0) is 14.9 Å². The van der Waals surface area contributed by atoms with Crippen molar-refractivity contribution in [3.05, 3.63) is 42.5 Å². The van der Waals surface area contributed by atoms with Crippen molar-refractivity contribution in [2.75, 3.05) is 18.9 Å². The SMILES string of the molecule is COC(=O)NC1=Nc2ccc(S(=O)(=O)Oc3cccc(OC)c3)cc2NS1. The third kappa shape index (κ3) is 4.44. The van der Waals surface area contributed by atoms with Crippen molar-refractivity contribution < 1.29 is 26.9 Å². The summed E-state index contributed by atoms with van der Waals surface area (Å²) >= 11 is 1.01. The van der Waals surface area contributed by atoms with E-state index in [2.05, 4.69) is 19.8 Å². The van der Waals surface area contributed by atoms with E-state index in [0.717, 1.165) is 11.9 Å². The van der Waals surface area contributed by atoms with Crippen LogP contribution in [0.15, 0.2) is 52.4 Å². The molecule has 1 amide bonds. The third-order valence-corrected chi connectivity index (χ3v) is 5.33. The second kappa shape index (κ2) is 7.76. The van der Waals surface area contributed by atoms with Crippen LogP contribution in [0.1, 0.15) is 0 Å². The highest BCUT2D eigenvalue weighted by Crippen LogP contribution is 2.35. The Balaban J connectivity index is 1.83. The summed E-state index contributed by atoms with van der Waals surface area (Å²) in [6.07, 6.45) is -0.655. The molecule has 0 aliphatic carbocycles. The fraction of sp³-hybridized carbons (Fsp3) is 0.125. The number of amidine groups is 1. The zero-order valence-corrected chi connectivity index (χ0v) is 15.9. The predicted molar refractivity (Wildman–Crippen MR) is 101 cm³/mol. The standard InChI is InChI=1S/C16H15N3O6S2/c1-23-10-4-3-5-11(8-10)25-27(21,22)12-6-7-13-14(9-12)19-26-15(17-13)18-16(20)24-2/h3-9,19H,1-2H3,(H,17,18,20). The highest BCUT2D eigenvalue weighted by Gasteiger charge is 2.21. The second-order valence-electron chi connectivity index (χ2n) is 5.13. The molecule has 3 rings (SSSR count). The Morgan fingerprint density at radius 1 is 1.15 bits per heavy atom. The molecule has 0 saturated carbocycles. The normalized spacial score (nSPS) is 12.9. The number of carbonyl (C=O) groups is 1. The lowest BCUT2D eigenvalue weighted by molar-refractivity contribution is 0.177. The molecule has 2 aromatic carbocycles. The van der Waals surface area contributed by atoms with Crippen molar-refractivity contribution >= 4 is 44.7 Å². The van der Waals surface area contributed by atoms with Gasteiger partial charge >= 0.3 is 16.2 Å². The molecule has 0 fully saturated rings. The van der Waals surface area contributed by atoms with Gasteiger partial charge in [0.05, 0.1) is 25.6 Å². The summed E-state index contributed by atoms with van der Waals surface area (Å²) in [4.78, 5) is 15.4. The van der Waals surface area contributed by atoms with E-state index in [9.17, 15) is 13.2 Å². The minimum Gasteiger partial charge on any atom is -0.497 e. The fourth-order valence-corrected chi connectivity index (χ4v) is 3.70. The fourth-order valence-electron chi connectivity index (χ4n) is 2.11. The van der Waals surface area contributed by atoms with Crippen molar-refractivity contribution in [2.24, 2.45) is 4.99 Å². The number of benzene rings is 2. The maximum Gasteiger partial charge on any atom is 0.412 e. The molecule has 9 nitrogen and oxygen atoms in total. The van der Waals surface area contributed by atoms with Gasteiger partial charge in [-0.3, -0.25) is 5.32 Å². The summed E-state index contributed by atoms with van der Waals surface area (Å²) in [5.74, 6) is 0.614. The van der Waals surface area contributed by atoms with Crippen LogP contribution in [0, 0.1) is 0 Å². The van der Waals surface area contributed by atoms with E-state index >= 15 is 0 Å². The lowest BCUT2D eigenvalue weighted by Gasteiger charge is -2.17. The number of nitrogens with zero attached hydrogens (tertiary/aromatic N) is 1. The van der Waals surface area contributed by atoms with E-state index in [1.807, 2.05) is 0 Å². The molecule has 11 heteroatoms. The highest BCUT2D eigenvalue weighted by molar-refractivity contribution is 8.15. The molecule has 142 valence electrons. The molecule has 1 heterocycles. The molecule has 2 aromatic rings. The number of nitrogens with one attached hydrogen (secondary N) is 2. The minimum atomic E-state index is -4.05. The Labute approximate surface area is 160 Å². The number of ether oxygens (including phenoxy) is 2. The minimum absolute atomic E-state index is 0.0447. The number of hydrogen-bond acceptors (Lipinski definition) is 9. The van der Waals surface area contributed by atoms with Crippen LogP contribution < -0.4 is 19.0 Å². The van der Waals surface area contributed by atoms with Crippen LogP contribution in [-0.4, -0.2) is 33.9 Å². The summed E-state index contributed by atoms with van der Waals surface area (Å²) in [5, 5.41) is 2.71. The van der Waals surface area contributed by atoms with Crippen molar-refractivity contribution in [1.29, 1.82) is 0 Å². The molecular weight excluding hydrogens is 394 g/mol. The average molecular weight is 409 g/mol. The first-order valence-corrected chi connectivity index (χ1v) is 9.73. The number of aliphatic imine (C=N–C) groups is 1. The van der Waals surface area contributed by atoms with E-state index in [0.29, 0.717) is 17.1 Å². The number of methoxy groups -OCH3 is 2. The Hall–Kier alpha value is -2.92. The van der Waals surface area contributed by atoms with E-state index in [1.165, 1.54) is 44.6 Å². The molecule has 0 unspecified atom stereocenters. The predicted octanol–water partition coefficient (Wildman–Crippen LogP) is 2.88. The second-order valence-corrected chi connectivity index (χ2v) is 7.47. The van der Waals surface area contributed by atoms with Gasteiger partial charge in [-0.05, 0) is 30.3 Å². The lowest BCUT2D eigenvalue weighted by atomic mass is 10.3. The lowest BCUT2D eigenvalue weighted by Crippen LogP contribution is -2.29. The van der Waals surface area contributed by atoms with Crippen molar-refractivity contribution in [3.8, 4) is 11.5 Å². The Morgan fingerprint density at radius 2 is 1.93 bits per heavy atom. The molecule has 27 heavy (non-hydrogen) atoms. The summed E-state index contributed by atoms with van der Waals surface area (Å²) in [6.45, 7) is 0. The first-order chi connectivity index (χ1) is 12.9. The van der Waals surface area contributed by atoms with Crippen molar-refractivity contribution in [3.63, 3.8) is 0 Å². The monoisotopic (exact) mass is 409 g/mol. The maximum atomic E-state index is 12.5. The molecular formula is C16H15N3O6S2. The topological polar surface area (TPSA) is 115 Å². The molecule has 0 saturated heterocycles. The van der Waals surface area contributed by atoms with Gasteiger partial charge in [-0.1, -0.05) is 6.07 Å². The molecule has 2 N–H and O–H groups in total. The van der Waals surface area contributed by atoms with Gasteiger partial charge in [0.2, 0.25) is 0 Å². The number of fused-ring (bicyclic) bond motifs is 1. The van der Waals surface area contributed by atoms with Crippen LogP contribution in [0.4, 0.5) is 16.2 Å². The summed E-state index contributed by atoms with van der Waals surface area (Å²) in [6, 6.07) is 10.6. The number of amides is 1. The van der Waals surface area contributed by atoms with Gasteiger partial charge in [-0.2, -0.15) is 8.42 Å². The number of rotatable bonds is 4.